The molecule has 19 heavy (non-hydrogen) atoms. The second kappa shape index (κ2) is 7.36. The van der Waals surface area contributed by atoms with Crippen molar-refractivity contribution in [1.29, 1.82) is 0 Å². The molecule has 0 fully saturated rings. The van der Waals surface area contributed by atoms with Crippen LogP contribution in [0.1, 0.15) is 34.8 Å². The number of rotatable bonds is 5. The van der Waals surface area contributed by atoms with Crippen LogP contribution < -0.4 is 0 Å². The van der Waals surface area contributed by atoms with Gasteiger partial charge in [0.1, 0.15) is 0 Å². The van der Waals surface area contributed by atoms with Crippen molar-refractivity contribution in [2.75, 3.05) is 13.7 Å². The maximum atomic E-state index is 11.5. The second-order valence-corrected chi connectivity index (χ2v) is 3.92. The van der Waals surface area contributed by atoms with E-state index in [0.29, 0.717) is 12.2 Å². The van der Waals surface area contributed by atoms with Crippen molar-refractivity contribution in [2.24, 2.45) is 0 Å². The van der Waals surface area contributed by atoms with E-state index in [4.69, 9.17) is 9.47 Å². The third kappa shape index (κ3) is 4.25. The normalized spacial score (nSPS) is 10.5. The number of carbonyl (C=O) groups excluding carboxylic acids is 2. The Hall–Kier alpha value is -2.10. The molecule has 4 nitrogen and oxygen atoms in total. The van der Waals surface area contributed by atoms with Crippen molar-refractivity contribution in [3.05, 3.63) is 41.0 Å². The topological polar surface area (TPSA) is 52.6 Å². The van der Waals surface area contributed by atoms with Crippen LogP contribution in [0.4, 0.5) is 0 Å². The Morgan fingerprint density at radius 1 is 1.32 bits per heavy atom. The summed E-state index contributed by atoms with van der Waals surface area (Å²) in [5.41, 5.74) is 2.24. The van der Waals surface area contributed by atoms with Crippen LogP contribution in [0, 0.1) is 6.92 Å². The van der Waals surface area contributed by atoms with Crippen LogP contribution in [0.3, 0.4) is 0 Å². The van der Waals surface area contributed by atoms with Gasteiger partial charge < -0.3 is 9.47 Å². The van der Waals surface area contributed by atoms with Gasteiger partial charge in [-0.3, -0.25) is 4.79 Å². The van der Waals surface area contributed by atoms with Crippen molar-refractivity contribution < 1.29 is 19.1 Å². The Morgan fingerprint density at radius 2 is 2.05 bits per heavy atom. The fraction of sp³-hybridized carbons (Fsp3) is 0.333. The number of benzene rings is 1. The van der Waals surface area contributed by atoms with E-state index in [1.807, 2.05) is 13.0 Å². The fourth-order valence-electron chi connectivity index (χ4n) is 1.67. The Kier molecular flexibility index (Phi) is 5.79. The first-order valence-corrected chi connectivity index (χ1v) is 6.10. The molecule has 1 aromatic rings. The standard InChI is InChI=1S/C15H18O4/c1-4-19-14(16)10-6-8-12-7-5-9-13(11(12)2)15(17)18-3/h5-9H,4,10H2,1-3H3. The van der Waals surface area contributed by atoms with Gasteiger partial charge in [-0.1, -0.05) is 24.3 Å². The number of hydrogen-bond acceptors (Lipinski definition) is 4. The Balaban J connectivity index is 2.82. The van der Waals surface area contributed by atoms with Gasteiger partial charge >= 0.3 is 11.9 Å². The second-order valence-electron chi connectivity index (χ2n) is 3.92. The van der Waals surface area contributed by atoms with Gasteiger partial charge in [0.15, 0.2) is 0 Å². The maximum Gasteiger partial charge on any atom is 0.338 e. The summed E-state index contributed by atoms with van der Waals surface area (Å²) in [6.45, 7) is 3.99. The van der Waals surface area contributed by atoms with Crippen molar-refractivity contribution in [1.82, 2.24) is 0 Å². The van der Waals surface area contributed by atoms with Gasteiger partial charge in [-0.2, -0.15) is 0 Å². The molecule has 0 heterocycles. The Bertz CT molecular complexity index is 489. The molecule has 0 bridgehead atoms. The molecule has 0 unspecified atom stereocenters. The molecule has 1 aromatic carbocycles. The van der Waals surface area contributed by atoms with Crippen LogP contribution in [0.2, 0.25) is 0 Å². The van der Waals surface area contributed by atoms with E-state index in [1.165, 1.54) is 7.11 Å². The van der Waals surface area contributed by atoms with Crippen molar-refractivity contribution in [3.63, 3.8) is 0 Å². The molecule has 0 saturated heterocycles. The van der Waals surface area contributed by atoms with Crippen LogP contribution in [-0.2, 0) is 14.3 Å². The van der Waals surface area contributed by atoms with Crippen LogP contribution in [-0.4, -0.2) is 25.7 Å². The molecule has 0 atom stereocenters. The lowest BCUT2D eigenvalue weighted by molar-refractivity contribution is -0.142. The molecule has 0 aliphatic rings. The van der Waals surface area contributed by atoms with E-state index < -0.39 is 0 Å². The first-order valence-electron chi connectivity index (χ1n) is 6.10. The highest BCUT2D eigenvalue weighted by Crippen LogP contribution is 2.16. The molecule has 102 valence electrons. The zero-order valence-electron chi connectivity index (χ0n) is 11.4. The van der Waals surface area contributed by atoms with Crippen LogP contribution >= 0.6 is 0 Å². The third-order valence-corrected chi connectivity index (χ3v) is 2.67. The number of methoxy groups -OCH3 is 1. The molecule has 0 aliphatic heterocycles. The minimum absolute atomic E-state index is 0.218. The van der Waals surface area contributed by atoms with Crippen molar-refractivity contribution in [2.45, 2.75) is 20.3 Å². The Morgan fingerprint density at radius 3 is 2.68 bits per heavy atom. The first kappa shape index (κ1) is 15.0. The smallest absolute Gasteiger partial charge is 0.338 e. The molecule has 0 amide bonds. The lowest BCUT2D eigenvalue weighted by Gasteiger charge is -2.06. The lowest BCUT2D eigenvalue weighted by atomic mass is 10.0. The number of ether oxygens (including phenoxy) is 2. The molecule has 1 rings (SSSR count). The molecule has 0 N–H and O–H groups in total. The van der Waals surface area contributed by atoms with Gasteiger partial charge in [0.05, 0.1) is 25.7 Å². The molecule has 4 heteroatoms. The average molecular weight is 262 g/mol. The summed E-state index contributed by atoms with van der Waals surface area (Å²) in [5.74, 6) is -0.626. The van der Waals surface area contributed by atoms with Gasteiger partial charge in [-0.25, -0.2) is 4.79 Å². The van der Waals surface area contributed by atoms with Crippen molar-refractivity contribution in [3.8, 4) is 0 Å². The minimum Gasteiger partial charge on any atom is -0.466 e. The highest BCUT2D eigenvalue weighted by molar-refractivity contribution is 5.92. The van der Waals surface area contributed by atoms with E-state index in [0.717, 1.165) is 11.1 Å². The maximum absolute atomic E-state index is 11.5. The monoisotopic (exact) mass is 262 g/mol. The number of esters is 2. The van der Waals surface area contributed by atoms with Gasteiger partial charge in [0.25, 0.3) is 0 Å². The summed E-state index contributed by atoms with van der Waals surface area (Å²) < 4.78 is 9.53. The van der Waals surface area contributed by atoms with Gasteiger partial charge in [-0.05, 0) is 31.0 Å². The molecule has 0 spiro atoms. The SMILES string of the molecule is CCOC(=O)CC=Cc1cccc(C(=O)OC)c1C. The molecule has 0 aromatic heterocycles. The van der Waals surface area contributed by atoms with Gasteiger partial charge in [0.2, 0.25) is 0 Å². The molecule has 0 radical (unpaired) electrons. The number of hydrogen-bond donors (Lipinski definition) is 0. The van der Waals surface area contributed by atoms with E-state index in [-0.39, 0.29) is 18.4 Å². The van der Waals surface area contributed by atoms with Gasteiger partial charge in [-0.15, -0.1) is 0 Å². The molecule has 0 saturated carbocycles. The summed E-state index contributed by atoms with van der Waals surface area (Å²) in [6.07, 6.45) is 3.75. The van der Waals surface area contributed by atoms with Crippen molar-refractivity contribution >= 4 is 18.0 Å². The van der Waals surface area contributed by atoms with Gasteiger partial charge in [0, 0.05) is 0 Å². The predicted octanol–water partition coefficient (Wildman–Crippen LogP) is 2.75. The predicted molar refractivity (Wildman–Crippen MR) is 72.8 cm³/mol. The molecule has 0 aliphatic carbocycles. The zero-order chi connectivity index (χ0) is 14.3. The summed E-state index contributed by atoms with van der Waals surface area (Å²) >= 11 is 0. The summed E-state index contributed by atoms with van der Waals surface area (Å²) in [6, 6.07) is 5.37. The summed E-state index contributed by atoms with van der Waals surface area (Å²) in [5, 5.41) is 0. The summed E-state index contributed by atoms with van der Waals surface area (Å²) in [4.78, 5) is 22.7. The third-order valence-electron chi connectivity index (χ3n) is 2.67. The first-order chi connectivity index (χ1) is 9.10. The average Bonchev–Trinajstić information content (AvgIpc) is 2.40. The summed E-state index contributed by atoms with van der Waals surface area (Å²) in [7, 11) is 1.35. The highest BCUT2D eigenvalue weighted by Gasteiger charge is 2.10. The van der Waals surface area contributed by atoms with E-state index in [2.05, 4.69) is 0 Å². The van der Waals surface area contributed by atoms with E-state index >= 15 is 0 Å². The van der Waals surface area contributed by atoms with Crippen LogP contribution in [0.25, 0.3) is 6.08 Å². The molecular weight excluding hydrogens is 244 g/mol. The lowest BCUT2D eigenvalue weighted by Crippen LogP contribution is -2.04. The van der Waals surface area contributed by atoms with E-state index in [1.54, 1.807) is 31.2 Å². The largest absolute Gasteiger partial charge is 0.466 e. The molecular formula is C15H18O4. The fourth-order valence-corrected chi connectivity index (χ4v) is 1.67. The quantitative estimate of drug-likeness (QED) is 0.766. The zero-order valence-corrected chi connectivity index (χ0v) is 11.4. The number of carbonyl (C=O) groups is 2. The van der Waals surface area contributed by atoms with Crippen LogP contribution in [0.5, 0.6) is 0 Å². The highest BCUT2D eigenvalue weighted by atomic mass is 16.5. The van der Waals surface area contributed by atoms with Crippen LogP contribution in [0.15, 0.2) is 24.3 Å². The van der Waals surface area contributed by atoms with E-state index in [9.17, 15) is 9.59 Å². The Labute approximate surface area is 113 Å². The minimum atomic E-state index is -0.363.